The average molecular weight is 341 g/mol. The Morgan fingerprint density at radius 3 is 2.42 bits per heavy atom. The fourth-order valence-electron chi connectivity index (χ4n) is 2.78. The van der Waals surface area contributed by atoms with Gasteiger partial charge in [0.2, 0.25) is 0 Å². The second-order valence-electron chi connectivity index (χ2n) is 6.40. The molecule has 0 saturated carbocycles. The highest BCUT2D eigenvalue weighted by Crippen LogP contribution is 2.19. The third kappa shape index (κ3) is 4.22. The van der Waals surface area contributed by atoms with Gasteiger partial charge in [-0.2, -0.15) is 5.01 Å². The Balaban J connectivity index is 1.78. The number of carbonyl (C=O) groups is 3. The van der Waals surface area contributed by atoms with Gasteiger partial charge in [0.05, 0.1) is 13.2 Å². The molecule has 0 aliphatic carbocycles. The van der Waals surface area contributed by atoms with Crippen molar-refractivity contribution in [1.29, 1.82) is 0 Å². The summed E-state index contributed by atoms with van der Waals surface area (Å²) in [6.45, 7) is 8.48. The first-order valence-corrected chi connectivity index (χ1v) is 8.29. The van der Waals surface area contributed by atoms with Crippen LogP contribution in [0.3, 0.4) is 0 Å². The molecular weight excluding hydrogens is 314 g/mol. The number of rotatable bonds is 7. The summed E-state index contributed by atoms with van der Waals surface area (Å²) in [7, 11) is 1.68. The Morgan fingerprint density at radius 2 is 1.88 bits per heavy atom. The van der Waals surface area contributed by atoms with Gasteiger partial charge in [-0.05, 0) is 13.3 Å². The zero-order chi connectivity index (χ0) is 17.7. The van der Waals surface area contributed by atoms with Crippen LogP contribution in [0.5, 0.6) is 0 Å². The number of hydrazine groups is 1. The summed E-state index contributed by atoms with van der Waals surface area (Å²) >= 11 is 0. The molecule has 4 amide bonds. The quantitative estimate of drug-likeness (QED) is 0.577. The van der Waals surface area contributed by atoms with Gasteiger partial charge in [-0.1, -0.05) is 6.92 Å². The molecule has 2 rings (SSSR count). The number of imide groups is 1. The van der Waals surface area contributed by atoms with Gasteiger partial charge < -0.3 is 10.1 Å². The van der Waals surface area contributed by atoms with Crippen LogP contribution in [-0.2, 0) is 14.3 Å². The molecule has 2 fully saturated rings. The lowest BCUT2D eigenvalue weighted by Gasteiger charge is -2.34. The van der Waals surface area contributed by atoms with E-state index in [0.717, 1.165) is 37.7 Å². The van der Waals surface area contributed by atoms with Crippen LogP contribution >= 0.6 is 0 Å². The minimum atomic E-state index is -0.947. The molecule has 2 N–H and O–H groups in total. The first-order chi connectivity index (χ1) is 11.4. The molecule has 0 aromatic carbocycles. The van der Waals surface area contributed by atoms with E-state index >= 15 is 0 Å². The predicted molar refractivity (Wildman–Crippen MR) is 87.0 cm³/mol. The van der Waals surface area contributed by atoms with Crippen LogP contribution in [0.4, 0.5) is 4.79 Å². The van der Waals surface area contributed by atoms with Crippen molar-refractivity contribution in [3.05, 3.63) is 0 Å². The van der Waals surface area contributed by atoms with Crippen molar-refractivity contribution in [2.24, 2.45) is 0 Å². The molecule has 9 nitrogen and oxygen atoms in total. The van der Waals surface area contributed by atoms with Gasteiger partial charge >= 0.3 is 6.03 Å². The summed E-state index contributed by atoms with van der Waals surface area (Å²) in [4.78, 5) is 40.6. The third-order valence-corrected chi connectivity index (χ3v) is 4.65. The van der Waals surface area contributed by atoms with E-state index in [1.54, 1.807) is 14.0 Å². The Bertz CT molecular complexity index is 492. The van der Waals surface area contributed by atoms with E-state index in [4.69, 9.17) is 4.74 Å². The lowest BCUT2D eigenvalue weighted by molar-refractivity contribution is -0.139. The second kappa shape index (κ2) is 7.91. The number of ether oxygens (including phenoxy) is 1. The maximum Gasteiger partial charge on any atom is 0.344 e. The molecule has 24 heavy (non-hydrogen) atoms. The highest BCUT2D eigenvalue weighted by molar-refractivity contribution is 6.07. The fourth-order valence-corrected chi connectivity index (χ4v) is 2.78. The van der Waals surface area contributed by atoms with Crippen LogP contribution in [0, 0.1) is 0 Å². The molecule has 0 bridgehead atoms. The van der Waals surface area contributed by atoms with Crippen molar-refractivity contribution in [1.82, 2.24) is 25.6 Å². The predicted octanol–water partition coefficient (Wildman–Crippen LogP) is -0.998. The molecule has 0 aromatic heterocycles. The van der Waals surface area contributed by atoms with Gasteiger partial charge in [0.15, 0.2) is 0 Å². The van der Waals surface area contributed by atoms with Gasteiger partial charge in [0.1, 0.15) is 5.54 Å². The normalized spacial score (nSPS) is 25.9. The minimum Gasteiger partial charge on any atom is -0.383 e. The zero-order valence-electron chi connectivity index (χ0n) is 14.6. The standard InChI is InChI=1S/C15H27N5O4/c1-4-15(2)13(22)20(14(23)16-15)17-12(21)11-19-7-5-18(6-8-19)9-10-24-3/h4-11H2,1-3H3,(H,16,23)(H,17,21). The van der Waals surface area contributed by atoms with E-state index in [1.807, 2.05) is 11.8 Å². The van der Waals surface area contributed by atoms with Crippen LogP contribution < -0.4 is 10.7 Å². The van der Waals surface area contributed by atoms with Crippen molar-refractivity contribution in [2.45, 2.75) is 25.8 Å². The number of piperazine rings is 1. The summed E-state index contributed by atoms with van der Waals surface area (Å²) in [6, 6.07) is -0.581. The number of hydrogen-bond acceptors (Lipinski definition) is 6. The van der Waals surface area contributed by atoms with E-state index in [9.17, 15) is 14.4 Å². The first kappa shape index (κ1) is 18.6. The summed E-state index contributed by atoms with van der Waals surface area (Å²) in [6.07, 6.45) is 0.466. The summed E-state index contributed by atoms with van der Waals surface area (Å²) < 4.78 is 5.06. The lowest BCUT2D eigenvalue weighted by atomic mass is 10.00. The Kier molecular flexibility index (Phi) is 6.14. The molecule has 0 spiro atoms. The van der Waals surface area contributed by atoms with E-state index in [0.29, 0.717) is 13.0 Å². The highest BCUT2D eigenvalue weighted by atomic mass is 16.5. The highest BCUT2D eigenvalue weighted by Gasteiger charge is 2.47. The molecule has 0 radical (unpaired) electrons. The Morgan fingerprint density at radius 1 is 1.25 bits per heavy atom. The van der Waals surface area contributed by atoms with Crippen molar-refractivity contribution < 1.29 is 19.1 Å². The van der Waals surface area contributed by atoms with Gasteiger partial charge in [0, 0.05) is 39.8 Å². The zero-order valence-corrected chi connectivity index (χ0v) is 14.6. The summed E-state index contributed by atoms with van der Waals surface area (Å²) in [5, 5.41) is 3.40. The van der Waals surface area contributed by atoms with E-state index in [-0.39, 0.29) is 12.5 Å². The molecule has 9 heteroatoms. The van der Waals surface area contributed by atoms with Crippen LogP contribution in [0.25, 0.3) is 0 Å². The Hall–Kier alpha value is -1.71. The number of nitrogens with zero attached hydrogens (tertiary/aromatic N) is 3. The number of amides is 4. The molecule has 0 aromatic rings. The first-order valence-electron chi connectivity index (χ1n) is 8.29. The minimum absolute atomic E-state index is 0.165. The third-order valence-electron chi connectivity index (χ3n) is 4.65. The largest absolute Gasteiger partial charge is 0.383 e. The average Bonchev–Trinajstić information content (AvgIpc) is 2.78. The molecule has 2 heterocycles. The molecule has 1 unspecified atom stereocenters. The fraction of sp³-hybridized carbons (Fsp3) is 0.800. The van der Waals surface area contributed by atoms with Gasteiger partial charge in [-0.3, -0.25) is 24.8 Å². The number of carbonyl (C=O) groups excluding carboxylic acids is 3. The number of hydrogen-bond donors (Lipinski definition) is 2. The summed E-state index contributed by atoms with van der Waals surface area (Å²) in [5.74, 6) is -0.781. The SMILES string of the molecule is CCC1(C)NC(=O)N(NC(=O)CN2CCN(CCOC)CC2)C1=O. The molecule has 2 saturated heterocycles. The van der Waals surface area contributed by atoms with Gasteiger partial charge in [-0.25, -0.2) is 4.79 Å². The second-order valence-corrected chi connectivity index (χ2v) is 6.40. The molecular formula is C15H27N5O4. The number of methoxy groups -OCH3 is 1. The molecule has 136 valence electrons. The Labute approximate surface area is 142 Å². The lowest BCUT2D eigenvalue weighted by Crippen LogP contribution is -2.54. The number of urea groups is 1. The van der Waals surface area contributed by atoms with Gasteiger partial charge in [-0.15, -0.1) is 0 Å². The van der Waals surface area contributed by atoms with E-state index in [1.165, 1.54) is 0 Å². The van der Waals surface area contributed by atoms with Crippen molar-refractivity contribution in [3.8, 4) is 0 Å². The monoisotopic (exact) mass is 341 g/mol. The van der Waals surface area contributed by atoms with Crippen LogP contribution in [-0.4, -0.2) is 91.2 Å². The molecule has 2 aliphatic heterocycles. The van der Waals surface area contributed by atoms with Crippen molar-refractivity contribution in [3.63, 3.8) is 0 Å². The smallest absolute Gasteiger partial charge is 0.344 e. The van der Waals surface area contributed by atoms with Crippen LogP contribution in [0.1, 0.15) is 20.3 Å². The topological polar surface area (TPSA) is 94.2 Å². The number of nitrogens with one attached hydrogen (secondary N) is 2. The van der Waals surface area contributed by atoms with Crippen molar-refractivity contribution in [2.75, 3.05) is 53.0 Å². The molecule has 2 aliphatic rings. The van der Waals surface area contributed by atoms with Gasteiger partial charge in [0.25, 0.3) is 11.8 Å². The van der Waals surface area contributed by atoms with E-state index in [2.05, 4.69) is 15.6 Å². The molecule has 1 atom stereocenters. The summed E-state index contributed by atoms with van der Waals surface area (Å²) in [5.41, 5.74) is 1.47. The maximum atomic E-state index is 12.2. The maximum absolute atomic E-state index is 12.2. The van der Waals surface area contributed by atoms with Crippen molar-refractivity contribution >= 4 is 17.8 Å². The van der Waals surface area contributed by atoms with Crippen LogP contribution in [0.2, 0.25) is 0 Å². The van der Waals surface area contributed by atoms with E-state index < -0.39 is 17.5 Å². The van der Waals surface area contributed by atoms with Crippen LogP contribution in [0.15, 0.2) is 0 Å².